The lowest BCUT2D eigenvalue weighted by Crippen LogP contribution is -2.38. The van der Waals surface area contributed by atoms with Crippen LogP contribution in [0, 0.1) is 5.92 Å². The van der Waals surface area contributed by atoms with Crippen molar-refractivity contribution in [2.45, 2.75) is 52.6 Å². The van der Waals surface area contributed by atoms with Gasteiger partial charge in [-0.15, -0.1) is 0 Å². The number of nitrogens with zero attached hydrogens (tertiary/aromatic N) is 3. The average molecular weight is 329 g/mol. The van der Waals surface area contributed by atoms with Gasteiger partial charge in [-0.3, -0.25) is 13.9 Å². The zero-order chi connectivity index (χ0) is 17.1. The van der Waals surface area contributed by atoms with Crippen LogP contribution in [0.3, 0.4) is 0 Å². The summed E-state index contributed by atoms with van der Waals surface area (Å²) in [5.74, 6) is 0.879. The fourth-order valence-electron chi connectivity index (χ4n) is 3.55. The Morgan fingerprint density at radius 3 is 2.25 bits per heavy atom. The largest absolute Gasteiger partial charge is 0.343 e. The van der Waals surface area contributed by atoms with Crippen molar-refractivity contribution in [3.63, 3.8) is 0 Å². The van der Waals surface area contributed by atoms with Gasteiger partial charge >= 0.3 is 5.69 Å². The summed E-state index contributed by atoms with van der Waals surface area (Å²) in [6.07, 6.45) is 3.48. The standard InChI is InChI=1S/C19H27N3O2/c1-3-11-21-16-6-4-5-7-17(16)22(19(21)24)14-10-18(23)20-12-8-15(2)9-13-20/h4-7,15H,3,8-14H2,1-2H3. The fraction of sp³-hybridized carbons (Fsp3) is 0.579. The number of rotatable bonds is 5. The van der Waals surface area contributed by atoms with E-state index in [1.165, 1.54) is 0 Å². The van der Waals surface area contributed by atoms with Crippen molar-refractivity contribution in [1.29, 1.82) is 0 Å². The molecule has 130 valence electrons. The first-order chi connectivity index (χ1) is 11.6. The molecule has 1 aliphatic heterocycles. The molecule has 1 aromatic heterocycles. The summed E-state index contributed by atoms with van der Waals surface area (Å²) >= 11 is 0. The molecule has 2 heterocycles. The quantitative estimate of drug-likeness (QED) is 0.847. The molecule has 0 atom stereocenters. The van der Waals surface area contributed by atoms with Crippen molar-refractivity contribution < 1.29 is 4.79 Å². The lowest BCUT2D eigenvalue weighted by atomic mass is 9.99. The molecule has 1 saturated heterocycles. The molecule has 0 unspecified atom stereocenters. The second-order valence-corrected chi connectivity index (χ2v) is 6.89. The highest BCUT2D eigenvalue weighted by molar-refractivity contribution is 5.78. The average Bonchev–Trinajstić information content (AvgIpc) is 2.86. The summed E-state index contributed by atoms with van der Waals surface area (Å²) in [7, 11) is 0. The molecule has 5 nitrogen and oxygen atoms in total. The number of hydrogen-bond acceptors (Lipinski definition) is 2. The Bertz CT molecular complexity index is 767. The molecule has 3 rings (SSSR count). The molecule has 2 aromatic rings. The molecule has 0 aliphatic carbocycles. The van der Waals surface area contributed by atoms with E-state index in [0.717, 1.165) is 43.4 Å². The third-order valence-corrected chi connectivity index (χ3v) is 5.06. The van der Waals surface area contributed by atoms with E-state index < -0.39 is 0 Å². The Labute approximate surface area is 142 Å². The number of fused-ring (bicyclic) bond motifs is 1. The van der Waals surface area contributed by atoms with Crippen LogP contribution in [0.5, 0.6) is 0 Å². The first-order valence-electron chi connectivity index (χ1n) is 9.07. The van der Waals surface area contributed by atoms with Gasteiger partial charge in [0.2, 0.25) is 5.91 Å². The Morgan fingerprint density at radius 2 is 1.67 bits per heavy atom. The Kier molecular flexibility index (Phi) is 5.07. The third kappa shape index (κ3) is 3.25. The van der Waals surface area contributed by atoms with Crippen molar-refractivity contribution >= 4 is 16.9 Å². The van der Waals surface area contributed by atoms with E-state index in [1.807, 2.05) is 33.7 Å². The number of benzene rings is 1. The van der Waals surface area contributed by atoms with Crippen molar-refractivity contribution in [3.05, 3.63) is 34.7 Å². The van der Waals surface area contributed by atoms with Crippen molar-refractivity contribution in [2.24, 2.45) is 5.92 Å². The molecular formula is C19H27N3O2. The number of amides is 1. The molecule has 1 aliphatic rings. The highest BCUT2D eigenvalue weighted by Crippen LogP contribution is 2.18. The number of aromatic nitrogens is 2. The van der Waals surface area contributed by atoms with Crippen LogP contribution in [-0.2, 0) is 17.9 Å². The first-order valence-corrected chi connectivity index (χ1v) is 9.07. The second-order valence-electron chi connectivity index (χ2n) is 6.89. The maximum atomic E-state index is 12.7. The van der Waals surface area contributed by atoms with E-state index in [0.29, 0.717) is 25.4 Å². The normalized spacial score (nSPS) is 16.0. The minimum atomic E-state index is -0.00174. The number of hydrogen-bond donors (Lipinski definition) is 0. The Hall–Kier alpha value is -2.04. The SMILES string of the molecule is CCCn1c(=O)n(CCC(=O)N2CCC(C)CC2)c2ccccc21. The third-order valence-electron chi connectivity index (χ3n) is 5.06. The van der Waals surface area contributed by atoms with Gasteiger partial charge in [0.1, 0.15) is 0 Å². The molecule has 1 amide bonds. The fourth-order valence-corrected chi connectivity index (χ4v) is 3.55. The van der Waals surface area contributed by atoms with E-state index in [-0.39, 0.29) is 11.6 Å². The van der Waals surface area contributed by atoms with Crippen LogP contribution in [0.1, 0.15) is 39.5 Å². The smallest absolute Gasteiger partial charge is 0.329 e. The van der Waals surface area contributed by atoms with Crippen LogP contribution in [0.4, 0.5) is 0 Å². The van der Waals surface area contributed by atoms with Crippen LogP contribution in [0.15, 0.2) is 29.1 Å². The van der Waals surface area contributed by atoms with Crippen LogP contribution in [-0.4, -0.2) is 33.0 Å². The minimum Gasteiger partial charge on any atom is -0.343 e. The lowest BCUT2D eigenvalue weighted by molar-refractivity contribution is -0.132. The van der Waals surface area contributed by atoms with Crippen LogP contribution < -0.4 is 5.69 Å². The van der Waals surface area contributed by atoms with Gasteiger partial charge in [-0.25, -0.2) is 4.79 Å². The number of aryl methyl sites for hydroxylation is 2. The van der Waals surface area contributed by atoms with Gasteiger partial charge < -0.3 is 4.90 Å². The lowest BCUT2D eigenvalue weighted by Gasteiger charge is -2.30. The summed E-state index contributed by atoms with van der Waals surface area (Å²) in [6.45, 7) is 7.19. The molecule has 1 fully saturated rings. The highest BCUT2D eigenvalue weighted by atomic mass is 16.2. The van der Waals surface area contributed by atoms with Crippen LogP contribution >= 0.6 is 0 Å². The summed E-state index contributed by atoms with van der Waals surface area (Å²) in [6, 6.07) is 7.85. The molecule has 24 heavy (non-hydrogen) atoms. The molecule has 5 heteroatoms. The summed E-state index contributed by atoms with van der Waals surface area (Å²) in [5, 5.41) is 0. The number of likely N-dealkylation sites (tertiary alicyclic amines) is 1. The molecular weight excluding hydrogens is 302 g/mol. The Morgan fingerprint density at radius 1 is 1.08 bits per heavy atom. The first kappa shape index (κ1) is 16.8. The van der Waals surface area contributed by atoms with Crippen molar-refractivity contribution in [1.82, 2.24) is 14.0 Å². The number of carbonyl (C=O) groups excluding carboxylic acids is 1. The van der Waals surface area contributed by atoms with Gasteiger partial charge in [0, 0.05) is 32.6 Å². The van der Waals surface area contributed by atoms with Gasteiger partial charge in [-0.05, 0) is 37.3 Å². The molecule has 0 saturated carbocycles. The summed E-state index contributed by atoms with van der Waals surface area (Å²) in [5.41, 5.74) is 1.89. The zero-order valence-corrected chi connectivity index (χ0v) is 14.7. The van der Waals surface area contributed by atoms with E-state index in [2.05, 4.69) is 13.8 Å². The maximum absolute atomic E-state index is 12.7. The topological polar surface area (TPSA) is 47.2 Å². The monoisotopic (exact) mass is 329 g/mol. The van der Waals surface area contributed by atoms with Crippen molar-refractivity contribution in [3.8, 4) is 0 Å². The van der Waals surface area contributed by atoms with Gasteiger partial charge in [0.05, 0.1) is 11.0 Å². The zero-order valence-electron chi connectivity index (χ0n) is 14.7. The van der Waals surface area contributed by atoms with Crippen LogP contribution in [0.25, 0.3) is 11.0 Å². The van der Waals surface area contributed by atoms with E-state index in [1.54, 1.807) is 4.57 Å². The Balaban J connectivity index is 1.77. The minimum absolute atomic E-state index is 0.00174. The molecule has 1 aromatic carbocycles. The van der Waals surface area contributed by atoms with Gasteiger partial charge in [0.15, 0.2) is 0 Å². The number of carbonyl (C=O) groups is 1. The van der Waals surface area contributed by atoms with E-state index in [4.69, 9.17) is 0 Å². The number of imidazole rings is 1. The molecule has 0 N–H and O–H groups in total. The highest BCUT2D eigenvalue weighted by Gasteiger charge is 2.21. The maximum Gasteiger partial charge on any atom is 0.329 e. The second kappa shape index (κ2) is 7.24. The number of para-hydroxylation sites is 2. The van der Waals surface area contributed by atoms with Gasteiger partial charge in [0.25, 0.3) is 0 Å². The summed E-state index contributed by atoms with van der Waals surface area (Å²) < 4.78 is 3.58. The molecule has 0 bridgehead atoms. The van der Waals surface area contributed by atoms with E-state index in [9.17, 15) is 9.59 Å². The number of piperidine rings is 1. The van der Waals surface area contributed by atoms with Crippen molar-refractivity contribution in [2.75, 3.05) is 13.1 Å². The predicted octanol–water partition coefficient (Wildman–Crippen LogP) is 2.86. The predicted molar refractivity (Wildman–Crippen MR) is 96.1 cm³/mol. The van der Waals surface area contributed by atoms with Crippen LogP contribution in [0.2, 0.25) is 0 Å². The summed E-state index contributed by atoms with van der Waals surface area (Å²) in [4.78, 5) is 27.1. The van der Waals surface area contributed by atoms with Gasteiger partial charge in [-0.2, -0.15) is 0 Å². The molecule has 0 spiro atoms. The molecule has 0 radical (unpaired) electrons. The van der Waals surface area contributed by atoms with E-state index >= 15 is 0 Å². The van der Waals surface area contributed by atoms with Gasteiger partial charge in [-0.1, -0.05) is 26.0 Å².